The number of fused-ring (bicyclic) bond motifs is 1. The number of aromatic hydroxyl groups is 2. The second-order valence-corrected chi connectivity index (χ2v) is 39.0. The molecule has 8 atom stereocenters. The minimum atomic E-state index is -0.293. The van der Waals surface area contributed by atoms with Crippen LogP contribution in [-0.4, -0.2) is 20.7 Å². The van der Waals surface area contributed by atoms with E-state index >= 15 is 0 Å². The first-order valence-electron chi connectivity index (χ1n) is 26.5. The summed E-state index contributed by atoms with van der Waals surface area (Å²) in [5.41, 5.74) is 9.68. The second-order valence-electron chi connectivity index (χ2n) is 27.5. The van der Waals surface area contributed by atoms with Gasteiger partial charge in [0.15, 0.2) is 0 Å². The van der Waals surface area contributed by atoms with E-state index in [-0.39, 0.29) is 37.1 Å². The van der Waals surface area contributed by atoms with Crippen LogP contribution in [0.5, 0.6) is 11.5 Å². The molecule has 2 nitrogen and oxygen atoms in total. The number of hydrogen-bond acceptors (Lipinski definition) is 2. The number of hydrogen-bond donors (Lipinski definition) is 2. The van der Waals surface area contributed by atoms with Gasteiger partial charge in [-0.15, -0.1) is 0 Å². The third-order valence-electron chi connectivity index (χ3n) is 19.0. The van der Waals surface area contributed by atoms with Crippen molar-refractivity contribution >= 4 is 15.9 Å². The molecule has 2 N–H and O–H groups in total. The van der Waals surface area contributed by atoms with Crippen LogP contribution in [0.4, 0.5) is 0 Å². The normalized spacial score (nSPS) is 39.4. The Hall–Kier alpha value is -0.546. The third-order valence-corrected chi connectivity index (χ3v) is 34.9. The molecule has 0 saturated heterocycles. The van der Waals surface area contributed by atoms with Crippen LogP contribution in [0.1, 0.15) is 231 Å². The molecule has 1 aliphatic heterocycles. The standard InChI is InChI=1S/C58H88O2S2.Ti/c1-37(2)23-55-25-39-17-40(26-55)30-57(29-39,35-55)47-21-45(53(5,6)7)19-43(51(47)59)33-61-49-15-13-11-12-14-16-50(49)62-34-44-20-46(54(8,9)10)22-48(52(44)60)58-31-41-18-42(32-58)28-56(27-41,36-58)24-38(3)4;/h19-22,37-42,49-50,59-60H,11-18,23-36H2,1-10H3;/t39?,40?,41?,42?,49-,50?,55?,56?,57?,58?;/m0./s1. The van der Waals surface area contributed by atoms with Crippen LogP contribution in [-0.2, 0) is 48.6 Å². The molecule has 0 amide bonds. The van der Waals surface area contributed by atoms with Crippen molar-refractivity contribution in [2.24, 2.45) is 46.3 Å². The van der Waals surface area contributed by atoms with Gasteiger partial charge in [-0.25, -0.2) is 0 Å². The third kappa shape index (κ3) is 8.65. The molecular weight excluding hydrogens is 841 g/mol. The average Bonchev–Trinajstić information content (AvgIpc) is 3.43. The van der Waals surface area contributed by atoms with Crippen molar-refractivity contribution in [3.8, 4) is 11.5 Å². The number of rotatable bonds is 10. The molecule has 0 radical (unpaired) electrons. The maximum absolute atomic E-state index is 12.9. The first-order chi connectivity index (χ1) is 29.6. The van der Waals surface area contributed by atoms with E-state index in [1.54, 1.807) is 0 Å². The fourth-order valence-electron chi connectivity index (χ4n) is 18.0. The molecule has 1 heterocycles. The summed E-state index contributed by atoms with van der Waals surface area (Å²) < 4.78 is 0. The Morgan fingerprint density at radius 1 is 0.556 bits per heavy atom. The van der Waals surface area contributed by atoms with Gasteiger partial charge in [0, 0.05) is 0 Å². The van der Waals surface area contributed by atoms with Crippen molar-refractivity contribution in [1.82, 2.24) is 0 Å². The van der Waals surface area contributed by atoms with Crippen molar-refractivity contribution < 1.29 is 25.7 Å². The summed E-state index contributed by atoms with van der Waals surface area (Å²) in [5.74, 6) is 8.50. The minimum absolute atomic E-state index is 0.0513. The van der Waals surface area contributed by atoms with E-state index in [1.807, 2.05) is 0 Å². The Labute approximate surface area is 395 Å². The van der Waals surface area contributed by atoms with Crippen LogP contribution in [0.15, 0.2) is 24.3 Å². The predicted molar refractivity (Wildman–Crippen MR) is 268 cm³/mol. The summed E-state index contributed by atoms with van der Waals surface area (Å²) in [6.07, 6.45) is 27.5. The van der Waals surface area contributed by atoms with Crippen molar-refractivity contribution in [2.75, 3.05) is 0 Å². The van der Waals surface area contributed by atoms with Gasteiger partial charge in [-0.1, -0.05) is 0 Å². The van der Waals surface area contributed by atoms with Gasteiger partial charge in [-0.05, 0) is 0 Å². The van der Waals surface area contributed by atoms with Gasteiger partial charge in [0.1, 0.15) is 0 Å². The summed E-state index contributed by atoms with van der Waals surface area (Å²) in [5, 5.41) is 27.4. The first-order valence-corrected chi connectivity index (χ1v) is 33.3. The Balaban J connectivity index is 1.05. The van der Waals surface area contributed by atoms with Gasteiger partial charge in [0.05, 0.1) is 0 Å². The summed E-state index contributed by atoms with van der Waals surface area (Å²) in [7, 11) is 0.685. The Morgan fingerprint density at radius 2 is 0.921 bits per heavy atom. The maximum atomic E-state index is 12.9. The first kappa shape index (κ1) is 46.2. The molecule has 9 fully saturated rings. The van der Waals surface area contributed by atoms with Crippen LogP contribution in [0.25, 0.3) is 0 Å². The number of benzene rings is 2. The predicted octanol–water partition coefficient (Wildman–Crippen LogP) is 16.7. The topological polar surface area (TPSA) is 40.5 Å². The molecule has 8 bridgehead atoms. The molecule has 7 unspecified atom stereocenters. The van der Waals surface area contributed by atoms with Crippen LogP contribution >= 0.6 is 15.9 Å². The van der Waals surface area contributed by atoms with E-state index in [0.29, 0.717) is 26.8 Å². The van der Waals surface area contributed by atoms with Gasteiger partial charge in [0.25, 0.3) is 0 Å². The van der Waals surface area contributed by atoms with Crippen molar-refractivity contribution in [3.63, 3.8) is 0 Å². The zero-order valence-corrected chi connectivity index (χ0v) is 44.9. The fraction of sp³-hybridized carbons (Fsp3) is 0.793. The van der Waals surface area contributed by atoms with Crippen molar-refractivity contribution in [1.29, 1.82) is 0 Å². The summed E-state index contributed by atoms with van der Waals surface area (Å²) in [4.78, 5) is 0. The zero-order chi connectivity index (χ0) is 44.5. The van der Waals surface area contributed by atoms with Crippen LogP contribution in [0, 0.1) is 46.3 Å². The van der Waals surface area contributed by atoms with E-state index in [9.17, 15) is 10.2 Å². The molecule has 348 valence electrons. The molecule has 0 aromatic heterocycles. The molecule has 0 spiro atoms. The second kappa shape index (κ2) is 16.6. The average molecular weight is 929 g/mol. The molecule has 12 rings (SSSR count). The van der Waals surface area contributed by atoms with Crippen LogP contribution < -0.4 is 0 Å². The molecule has 5 heteroatoms. The van der Waals surface area contributed by atoms with Gasteiger partial charge < -0.3 is 0 Å². The Morgan fingerprint density at radius 3 is 1.25 bits per heavy atom. The van der Waals surface area contributed by atoms with E-state index < -0.39 is 0 Å². The molecule has 63 heavy (non-hydrogen) atoms. The van der Waals surface area contributed by atoms with Crippen LogP contribution in [0.3, 0.4) is 0 Å². The molecular formula is C58H88O2S2Ti. The molecule has 10 aliphatic rings. The Bertz CT molecular complexity index is 1990. The molecule has 9 saturated carbocycles. The van der Waals surface area contributed by atoms with Crippen molar-refractivity contribution in [3.05, 3.63) is 57.6 Å². The molecule has 2 aromatic rings. The van der Waals surface area contributed by atoms with E-state index in [0.717, 1.165) is 69.0 Å². The SMILES string of the molecule is CC(C)CC12CC3CC(C1)CC(c1cc(C(C)(C)C)cc(C[S]4=[Ti]=[S](Cc5cc(C(C)(C)C)cc(C67CC8CC(CC(CC(C)C)(C8)C6)C7)c5O)[C@H]5CCCCCCC54)c1O)(C3)C2. The van der Waals surface area contributed by atoms with Gasteiger partial charge in [-0.2, -0.15) is 0 Å². The summed E-state index contributed by atoms with van der Waals surface area (Å²) in [6, 6.07) is 10.1. The monoisotopic (exact) mass is 929 g/mol. The van der Waals surface area contributed by atoms with Gasteiger partial charge in [0.2, 0.25) is 0 Å². The van der Waals surface area contributed by atoms with Gasteiger partial charge in [-0.3, -0.25) is 0 Å². The fourth-order valence-corrected chi connectivity index (χ4v) is 38.8. The summed E-state index contributed by atoms with van der Waals surface area (Å²) >= 11 is -0.293. The molecule has 2 aromatic carbocycles. The zero-order valence-electron chi connectivity index (χ0n) is 41.7. The van der Waals surface area contributed by atoms with E-state index in [2.05, 4.69) is 93.5 Å². The summed E-state index contributed by atoms with van der Waals surface area (Å²) in [6.45, 7) is 24.3. The van der Waals surface area contributed by atoms with Gasteiger partial charge >= 0.3 is 398 Å². The van der Waals surface area contributed by atoms with E-state index in [1.165, 1.54) is 162 Å². The number of phenolic OH excluding ortho intramolecular Hbond substituents is 2. The molecule has 9 aliphatic carbocycles. The quantitative estimate of drug-likeness (QED) is 0.233. The number of phenols is 2. The van der Waals surface area contributed by atoms with E-state index in [4.69, 9.17) is 0 Å². The van der Waals surface area contributed by atoms with Crippen LogP contribution in [0.2, 0.25) is 0 Å². The Kier molecular flexibility index (Phi) is 12.1. The van der Waals surface area contributed by atoms with Crippen molar-refractivity contribution in [2.45, 2.75) is 241 Å².